The number of urea groups is 1. The van der Waals surface area contributed by atoms with Gasteiger partial charge in [-0.25, -0.2) is 4.79 Å². The Morgan fingerprint density at radius 2 is 2.06 bits per heavy atom. The number of hydrogen-bond acceptors (Lipinski definition) is 2. The number of amides is 2. The Bertz CT molecular complexity index is 238. The van der Waals surface area contributed by atoms with Crippen molar-refractivity contribution < 1.29 is 4.79 Å². The number of nitrogens with one attached hydrogen (secondary N) is 1. The fourth-order valence-corrected chi connectivity index (χ4v) is 2.89. The second-order valence-electron chi connectivity index (χ2n) is 5.04. The van der Waals surface area contributed by atoms with Gasteiger partial charge in [-0.3, -0.25) is 0 Å². The Labute approximate surface area is 97.6 Å². The molecule has 2 rings (SSSR count). The van der Waals surface area contributed by atoms with Crippen LogP contribution in [0.1, 0.15) is 38.5 Å². The Balaban J connectivity index is 1.82. The Kier molecular flexibility index (Phi) is 4.04. The SMILES string of the molecule is NCCCN1CC(C2CCCCC2)NC1=O. The Morgan fingerprint density at radius 3 is 2.75 bits per heavy atom. The highest BCUT2D eigenvalue weighted by Crippen LogP contribution is 2.28. The van der Waals surface area contributed by atoms with Gasteiger partial charge in [-0.2, -0.15) is 0 Å². The highest BCUT2D eigenvalue weighted by molar-refractivity contribution is 5.76. The number of nitrogens with two attached hydrogens (primary N) is 1. The minimum absolute atomic E-state index is 0.115. The lowest BCUT2D eigenvalue weighted by atomic mass is 9.84. The van der Waals surface area contributed by atoms with Gasteiger partial charge >= 0.3 is 6.03 Å². The Morgan fingerprint density at radius 1 is 1.31 bits per heavy atom. The molecular formula is C12H23N3O. The van der Waals surface area contributed by atoms with Crippen molar-refractivity contribution in [2.24, 2.45) is 11.7 Å². The molecule has 1 saturated carbocycles. The maximum atomic E-state index is 11.7. The quantitative estimate of drug-likeness (QED) is 0.758. The van der Waals surface area contributed by atoms with E-state index in [2.05, 4.69) is 5.32 Å². The molecule has 1 heterocycles. The van der Waals surface area contributed by atoms with Crippen LogP contribution in [-0.2, 0) is 0 Å². The van der Waals surface area contributed by atoms with Crippen molar-refractivity contribution in [2.45, 2.75) is 44.6 Å². The van der Waals surface area contributed by atoms with Crippen molar-refractivity contribution >= 4 is 6.03 Å². The Hall–Kier alpha value is -0.770. The second kappa shape index (κ2) is 5.53. The molecule has 0 spiro atoms. The van der Waals surface area contributed by atoms with Crippen LogP contribution >= 0.6 is 0 Å². The largest absolute Gasteiger partial charge is 0.333 e. The molecule has 4 heteroatoms. The van der Waals surface area contributed by atoms with E-state index in [1.54, 1.807) is 0 Å². The first-order chi connectivity index (χ1) is 7.81. The van der Waals surface area contributed by atoms with Gasteiger partial charge in [0.15, 0.2) is 0 Å². The van der Waals surface area contributed by atoms with Gasteiger partial charge in [0.05, 0.1) is 6.04 Å². The van der Waals surface area contributed by atoms with Crippen LogP contribution in [0, 0.1) is 5.92 Å². The standard InChI is InChI=1S/C12H23N3O/c13-7-4-8-15-9-11(14-12(15)16)10-5-2-1-3-6-10/h10-11H,1-9,13H2,(H,14,16). The minimum Gasteiger partial charge on any atom is -0.333 e. The summed E-state index contributed by atoms with van der Waals surface area (Å²) in [5, 5.41) is 3.13. The van der Waals surface area contributed by atoms with Crippen LogP contribution in [0.5, 0.6) is 0 Å². The first kappa shape index (κ1) is 11.7. The van der Waals surface area contributed by atoms with Crippen LogP contribution in [0.15, 0.2) is 0 Å². The number of hydrogen-bond donors (Lipinski definition) is 2. The van der Waals surface area contributed by atoms with Crippen molar-refractivity contribution in [1.29, 1.82) is 0 Å². The van der Waals surface area contributed by atoms with E-state index in [1.807, 2.05) is 4.90 Å². The predicted molar refractivity (Wildman–Crippen MR) is 64.1 cm³/mol. The zero-order valence-electron chi connectivity index (χ0n) is 9.95. The first-order valence-electron chi connectivity index (χ1n) is 6.57. The molecule has 2 fully saturated rings. The molecule has 2 aliphatic rings. The summed E-state index contributed by atoms with van der Waals surface area (Å²) in [6.07, 6.45) is 7.52. The summed E-state index contributed by atoms with van der Waals surface area (Å²) in [5.74, 6) is 0.709. The molecule has 1 saturated heterocycles. The molecule has 92 valence electrons. The maximum Gasteiger partial charge on any atom is 0.317 e. The smallest absolute Gasteiger partial charge is 0.317 e. The molecule has 2 amide bonds. The molecule has 1 atom stereocenters. The topological polar surface area (TPSA) is 58.4 Å². The van der Waals surface area contributed by atoms with Gasteiger partial charge in [0, 0.05) is 13.1 Å². The fourth-order valence-electron chi connectivity index (χ4n) is 2.89. The van der Waals surface area contributed by atoms with E-state index in [4.69, 9.17) is 5.73 Å². The van der Waals surface area contributed by atoms with E-state index in [1.165, 1.54) is 32.1 Å². The summed E-state index contributed by atoms with van der Waals surface area (Å²) in [4.78, 5) is 13.6. The van der Waals surface area contributed by atoms with E-state index in [0.717, 1.165) is 19.5 Å². The van der Waals surface area contributed by atoms with Crippen molar-refractivity contribution in [3.63, 3.8) is 0 Å². The van der Waals surface area contributed by atoms with Gasteiger partial charge in [0.25, 0.3) is 0 Å². The lowest BCUT2D eigenvalue weighted by Crippen LogP contribution is -2.35. The van der Waals surface area contributed by atoms with Crippen molar-refractivity contribution in [2.75, 3.05) is 19.6 Å². The number of nitrogens with zero attached hydrogens (tertiary/aromatic N) is 1. The number of rotatable bonds is 4. The molecule has 1 unspecified atom stereocenters. The van der Waals surface area contributed by atoms with Gasteiger partial charge in [0.1, 0.15) is 0 Å². The molecule has 0 aromatic carbocycles. The molecule has 4 nitrogen and oxygen atoms in total. The van der Waals surface area contributed by atoms with E-state index < -0.39 is 0 Å². The van der Waals surface area contributed by atoms with Crippen LogP contribution < -0.4 is 11.1 Å². The molecular weight excluding hydrogens is 202 g/mol. The zero-order chi connectivity index (χ0) is 11.4. The molecule has 0 aromatic rings. The van der Waals surface area contributed by atoms with Crippen molar-refractivity contribution in [3.8, 4) is 0 Å². The minimum atomic E-state index is 0.115. The summed E-state index contributed by atoms with van der Waals surface area (Å²) >= 11 is 0. The van der Waals surface area contributed by atoms with E-state index in [0.29, 0.717) is 18.5 Å². The van der Waals surface area contributed by atoms with Gasteiger partial charge in [-0.05, 0) is 31.7 Å². The fraction of sp³-hybridized carbons (Fsp3) is 0.917. The van der Waals surface area contributed by atoms with Crippen LogP contribution in [0.2, 0.25) is 0 Å². The normalized spacial score (nSPS) is 27.2. The molecule has 0 radical (unpaired) electrons. The summed E-state index contributed by atoms with van der Waals surface area (Å²) in [7, 11) is 0. The van der Waals surface area contributed by atoms with Gasteiger partial charge < -0.3 is 16.0 Å². The van der Waals surface area contributed by atoms with Crippen LogP contribution in [0.25, 0.3) is 0 Å². The molecule has 0 bridgehead atoms. The van der Waals surface area contributed by atoms with Gasteiger partial charge in [-0.1, -0.05) is 19.3 Å². The second-order valence-corrected chi connectivity index (χ2v) is 5.04. The van der Waals surface area contributed by atoms with Crippen molar-refractivity contribution in [1.82, 2.24) is 10.2 Å². The highest BCUT2D eigenvalue weighted by Gasteiger charge is 2.33. The summed E-state index contributed by atoms with van der Waals surface area (Å²) < 4.78 is 0. The molecule has 1 aliphatic carbocycles. The first-order valence-corrected chi connectivity index (χ1v) is 6.57. The average Bonchev–Trinajstić information content (AvgIpc) is 2.69. The lowest BCUT2D eigenvalue weighted by molar-refractivity contribution is 0.217. The summed E-state index contributed by atoms with van der Waals surface area (Å²) in [6.45, 7) is 2.37. The molecule has 3 N–H and O–H groups in total. The van der Waals surface area contributed by atoms with Gasteiger partial charge in [-0.15, -0.1) is 0 Å². The monoisotopic (exact) mass is 225 g/mol. The number of carbonyl (C=O) groups excluding carboxylic acids is 1. The lowest BCUT2D eigenvalue weighted by Gasteiger charge is -2.26. The maximum absolute atomic E-state index is 11.7. The molecule has 1 aliphatic heterocycles. The highest BCUT2D eigenvalue weighted by atomic mass is 16.2. The predicted octanol–water partition coefficient (Wildman–Crippen LogP) is 1.31. The van der Waals surface area contributed by atoms with Crippen molar-refractivity contribution in [3.05, 3.63) is 0 Å². The zero-order valence-corrected chi connectivity index (χ0v) is 9.95. The van der Waals surface area contributed by atoms with Gasteiger partial charge in [0.2, 0.25) is 0 Å². The van der Waals surface area contributed by atoms with E-state index in [-0.39, 0.29) is 6.03 Å². The third-order valence-corrected chi connectivity index (χ3v) is 3.86. The summed E-state index contributed by atoms with van der Waals surface area (Å²) in [5.41, 5.74) is 5.47. The molecule has 0 aromatic heterocycles. The third kappa shape index (κ3) is 2.67. The van der Waals surface area contributed by atoms with Crippen LogP contribution in [-0.4, -0.2) is 36.6 Å². The third-order valence-electron chi connectivity index (χ3n) is 3.86. The van der Waals surface area contributed by atoms with E-state index in [9.17, 15) is 4.79 Å². The molecule has 16 heavy (non-hydrogen) atoms. The van der Waals surface area contributed by atoms with Crippen LogP contribution in [0.3, 0.4) is 0 Å². The number of carbonyl (C=O) groups is 1. The summed E-state index contributed by atoms with van der Waals surface area (Å²) in [6, 6.07) is 0.509. The average molecular weight is 225 g/mol. The van der Waals surface area contributed by atoms with Crippen LogP contribution in [0.4, 0.5) is 4.79 Å². The van der Waals surface area contributed by atoms with E-state index >= 15 is 0 Å².